The summed E-state index contributed by atoms with van der Waals surface area (Å²) in [5.74, 6) is 0.557. The molecule has 0 aliphatic heterocycles. The van der Waals surface area contributed by atoms with E-state index >= 15 is 0 Å². The van der Waals surface area contributed by atoms with Gasteiger partial charge in [-0.2, -0.15) is 0 Å². The van der Waals surface area contributed by atoms with Crippen LogP contribution in [0.25, 0.3) is 0 Å². The Hall–Kier alpha value is -1.16. The van der Waals surface area contributed by atoms with Crippen molar-refractivity contribution in [1.82, 2.24) is 9.97 Å². The third kappa shape index (κ3) is 2.17. The molecule has 0 bridgehead atoms. The van der Waals surface area contributed by atoms with Gasteiger partial charge >= 0.3 is 0 Å². The second kappa shape index (κ2) is 4.66. The van der Waals surface area contributed by atoms with Crippen molar-refractivity contribution in [1.29, 1.82) is 0 Å². The molecule has 1 aromatic rings. The summed E-state index contributed by atoms with van der Waals surface area (Å²) in [7, 11) is 0. The maximum absolute atomic E-state index is 5.44. The second-order valence-electron chi connectivity index (χ2n) is 2.36. The molecule has 4 nitrogen and oxygen atoms in total. The van der Waals surface area contributed by atoms with Crippen LogP contribution in [0.5, 0.6) is 5.88 Å². The average Bonchev–Trinajstić information content (AvgIpc) is 2.15. The zero-order chi connectivity index (χ0) is 8.81. The number of ether oxygens (including phenoxy) is 1. The summed E-state index contributed by atoms with van der Waals surface area (Å²) < 4.78 is 5.32. The molecule has 0 amide bonds. The molecule has 1 rings (SSSR count). The molecule has 4 heteroatoms. The lowest BCUT2D eigenvalue weighted by atomic mass is 10.4. The minimum Gasteiger partial charge on any atom is -0.476 e. The second-order valence-corrected chi connectivity index (χ2v) is 2.36. The zero-order valence-corrected chi connectivity index (χ0v) is 7.16. The van der Waals surface area contributed by atoms with Gasteiger partial charge in [0.1, 0.15) is 5.69 Å². The van der Waals surface area contributed by atoms with Crippen molar-refractivity contribution in [2.75, 3.05) is 6.61 Å². The van der Waals surface area contributed by atoms with Crippen molar-refractivity contribution >= 4 is 0 Å². The van der Waals surface area contributed by atoms with Gasteiger partial charge < -0.3 is 10.5 Å². The standard InChI is InChI=1S/C8H13N3O/c1-2-5-12-8-7(6-9)10-3-4-11-8/h3-4H,2,5-6,9H2,1H3. The molecule has 0 aliphatic rings. The monoisotopic (exact) mass is 167 g/mol. The predicted octanol–water partition coefficient (Wildman–Crippen LogP) is 0.724. The van der Waals surface area contributed by atoms with Gasteiger partial charge in [0.05, 0.1) is 6.61 Å². The zero-order valence-electron chi connectivity index (χ0n) is 7.16. The van der Waals surface area contributed by atoms with E-state index in [0.29, 0.717) is 24.7 Å². The topological polar surface area (TPSA) is 61.0 Å². The first kappa shape index (κ1) is 8.93. The van der Waals surface area contributed by atoms with Gasteiger partial charge in [0.2, 0.25) is 5.88 Å². The highest BCUT2D eigenvalue weighted by Gasteiger charge is 2.02. The Bertz CT molecular complexity index is 239. The van der Waals surface area contributed by atoms with E-state index in [4.69, 9.17) is 10.5 Å². The van der Waals surface area contributed by atoms with E-state index in [1.807, 2.05) is 6.92 Å². The van der Waals surface area contributed by atoms with Gasteiger partial charge in [-0.15, -0.1) is 0 Å². The molecule has 0 radical (unpaired) electrons. The Morgan fingerprint density at radius 1 is 1.42 bits per heavy atom. The quantitative estimate of drug-likeness (QED) is 0.718. The van der Waals surface area contributed by atoms with E-state index in [9.17, 15) is 0 Å². The summed E-state index contributed by atoms with van der Waals surface area (Å²) in [5, 5.41) is 0. The fraction of sp³-hybridized carbons (Fsp3) is 0.500. The molecule has 66 valence electrons. The number of aromatic nitrogens is 2. The van der Waals surface area contributed by atoms with Crippen molar-refractivity contribution in [3.05, 3.63) is 18.1 Å². The van der Waals surface area contributed by atoms with Gasteiger partial charge in [0.15, 0.2) is 0 Å². The summed E-state index contributed by atoms with van der Waals surface area (Å²) in [6, 6.07) is 0. The molecule has 1 heterocycles. The van der Waals surface area contributed by atoms with Crippen molar-refractivity contribution in [3.8, 4) is 5.88 Å². The van der Waals surface area contributed by atoms with E-state index in [-0.39, 0.29) is 0 Å². The maximum Gasteiger partial charge on any atom is 0.236 e. The molecule has 0 aliphatic carbocycles. The van der Waals surface area contributed by atoms with Crippen molar-refractivity contribution in [2.24, 2.45) is 5.73 Å². The molecule has 0 spiro atoms. The SMILES string of the molecule is CCCOc1nccnc1CN. The van der Waals surface area contributed by atoms with Crippen LogP contribution in [0.3, 0.4) is 0 Å². The molecular formula is C8H13N3O. The van der Waals surface area contributed by atoms with Crippen LogP contribution in [0.4, 0.5) is 0 Å². The lowest BCUT2D eigenvalue weighted by Gasteiger charge is -2.05. The minimum atomic E-state index is 0.368. The Kier molecular flexibility index (Phi) is 3.47. The fourth-order valence-electron chi connectivity index (χ4n) is 0.813. The van der Waals surface area contributed by atoms with Crippen LogP contribution in [0.2, 0.25) is 0 Å². The molecule has 0 atom stereocenters. The van der Waals surface area contributed by atoms with Crippen LogP contribution in [0.1, 0.15) is 19.0 Å². The number of nitrogens with zero attached hydrogens (tertiary/aromatic N) is 2. The highest BCUT2D eigenvalue weighted by atomic mass is 16.5. The molecule has 0 fully saturated rings. The predicted molar refractivity (Wildman–Crippen MR) is 45.7 cm³/mol. The molecule has 0 saturated carbocycles. The van der Waals surface area contributed by atoms with Crippen molar-refractivity contribution in [2.45, 2.75) is 19.9 Å². The first-order valence-electron chi connectivity index (χ1n) is 4.01. The van der Waals surface area contributed by atoms with Crippen LogP contribution >= 0.6 is 0 Å². The molecule has 0 saturated heterocycles. The highest BCUT2D eigenvalue weighted by molar-refractivity contribution is 5.16. The summed E-state index contributed by atoms with van der Waals surface area (Å²) in [4.78, 5) is 8.06. The van der Waals surface area contributed by atoms with E-state index in [1.165, 1.54) is 0 Å². The summed E-state index contributed by atoms with van der Waals surface area (Å²) in [5.41, 5.74) is 6.15. The number of hydrogen-bond acceptors (Lipinski definition) is 4. The minimum absolute atomic E-state index is 0.368. The normalized spacial score (nSPS) is 9.83. The van der Waals surface area contributed by atoms with Gasteiger partial charge in [-0.25, -0.2) is 4.98 Å². The third-order valence-electron chi connectivity index (χ3n) is 1.37. The lowest BCUT2D eigenvalue weighted by molar-refractivity contribution is 0.300. The number of rotatable bonds is 4. The summed E-state index contributed by atoms with van der Waals surface area (Å²) in [6.07, 6.45) is 4.17. The first-order chi connectivity index (χ1) is 5.88. The van der Waals surface area contributed by atoms with Crippen LogP contribution in [0.15, 0.2) is 12.4 Å². The van der Waals surface area contributed by atoms with Crippen molar-refractivity contribution < 1.29 is 4.74 Å². The van der Waals surface area contributed by atoms with Crippen LogP contribution in [-0.2, 0) is 6.54 Å². The lowest BCUT2D eigenvalue weighted by Crippen LogP contribution is -2.06. The largest absolute Gasteiger partial charge is 0.476 e. The number of nitrogens with two attached hydrogens (primary N) is 1. The third-order valence-corrected chi connectivity index (χ3v) is 1.37. The van der Waals surface area contributed by atoms with Crippen LogP contribution in [0, 0.1) is 0 Å². The van der Waals surface area contributed by atoms with Gasteiger partial charge in [0.25, 0.3) is 0 Å². The molecule has 0 aromatic carbocycles. The van der Waals surface area contributed by atoms with Gasteiger partial charge in [-0.1, -0.05) is 6.92 Å². The van der Waals surface area contributed by atoms with E-state index in [2.05, 4.69) is 9.97 Å². The Morgan fingerprint density at radius 3 is 2.83 bits per heavy atom. The Balaban J connectivity index is 2.68. The number of hydrogen-bond donors (Lipinski definition) is 1. The van der Waals surface area contributed by atoms with Gasteiger partial charge in [-0.05, 0) is 6.42 Å². The summed E-state index contributed by atoms with van der Waals surface area (Å²) in [6.45, 7) is 3.07. The molecular weight excluding hydrogens is 154 g/mol. The van der Waals surface area contributed by atoms with Crippen molar-refractivity contribution in [3.63, 3.8) is 0 Å². The van der Waals surface area contributed by atoms with E-state index in [0.717, 1.165) is 6.42 Å². The highest BCUT2D eigenvalue weighted by Crippen LogP contribution is 2.09. The van der Waals surface area contributed by atoms with Gasteiger partial charge in [0, 0.05) is 18.9 Å². The van der Waals surface area contributed by atoms with E-state index in [1.54, 1.807) is 12.4 Å². The van der Waals surface area contributed by atoms with Gasteiger partial charge in [-0.3, -0.25) is 4.98 Å². The smallest absolute Gasteiger partial charge is 0.236 e. The molecule has 0 unspecified atom stereocenters. The Labute approximate surface area is 71.8 Å². The fourth-order valence-corrected chi connectivity index (χ4v) is 0.813. The summed E-state index contributed by atoms with van der Waals surface area (Å²) >= 11 is 0. The molecule has 12 heavy (non-hydrogen) atoms. The van der Waals surface area contributed by atoms with E-state index < -0.39 is 0 Å². The molecule has 1 aromatic heterocycles. The molecule has 2 N–H and O–H groups in total. The van der Waals surface area contributed by atoms with Crippen LogP contribution < -0.4 is 10.5 Å². The average molecular weight is 167 g/mol. The van der Waals surface area contributed by atoms with Crippen LogP contribution in [-0.4, -0.2) is 16.6 Å². The first-order valence-corrected chi connectivity index (χ1v) is 4.01. The Morgan fingerprint density at radius 2 is 2.17 bits per heavy atom. The maximum atomic E-state index is 5.44.